The smallest absolute Gasteiger partial charge is 0.336 e. The second-order valence-corrected chi connectivity index (χ2v) is 8.44. The lowest BCUT2D eigenvalue weighted by molar-refractivity contribution is 0.114. The van der Waals surface area contributed by atoms with Gasteiger partial charge in [-0.1, -0.05) is 12.1 Å². The normalized spacial score (nSPS) is 21.6. The SMILES string of the molecule is Cc1cc(C)c2oc(=O)cc(CN3CC4CC(C3)c3cccc(=O)n3C4)c2c1. The number of rotatable bonds is 2. The number of hydrogen-bond donors (Lipinski definition) is 0. The van der Waals surface area contributed by atoms with Gasteiger partial charge in [0.15, 0.2) is 0 Å². The molecule has 0 amide bonds. The number of nitrogens with zero attached hydrogens (tertiary/aromatic N) is 2. The van der Waals surface area contributed by atoms with Gasteiger partial charge in [-0.2, -0.15) is 0 Å². The van der Waals surface area contributed by atoms with Crippen LogP contribution in [0, 0.1) is 19.8 Å². The van der Waals surface area contributed by atoms with Crippen LogP contribution in [-0.4, -0.2) is 22.6 Å². The van der Waals surface area contributed by atoms with Crippen molar-refractivity contribution in [2.75, 3.05) is 13.1 Å². The first-order chi connectivity index (χ1) is 13.5. The van der Waals surface area contributed by atoms with Crippen molar-refractivity contribution in [1.82, 2.24) is 9.47 Å². The van der Waals surface area contributed by atoms with Crippen molar-refractivity contribution in [3.8, 4) is 0 Å². The Morgan fingerprint density at radius 1 is 1.07 bits per heavy atom. The maximum Gasteiger partial charge on any atom is 0.336 e. The van der Waals surface area contributed by atoms with Crippen LogP contribution in [0.5, 0.6) is 0 Å². The van der Waals surface area contributed by atoms with Gasteiger partial charge in [0.2, 0.25) is 0 Å². The van der Waals surface area contributed by atoms with E-state index in [0.29, 0.717) is 17.4 Å². The van der Waals surface area contributed by atoms with E-state index < -0.39 is 0 Å². The third kappa shape index (κ3) is 2.90. The zero-order chi connectivity index (χ0) is 19.4. The third-order valence-corrected chi connectivity index (χ3v) is 6.21. The van der Waals surface area contributed by atoms with Crippen LogP contribution in [-0.2, 0) is 13.1 Å². The number of likely N-dealkylation sites (tertiary alicyclic amines) is 1. The number of pyridine rings is 1. The number of hydrogen-bond acceptors (Lipinski definition) is 4. The molecule has 2 aliphatic heterocycles. The molecular weight excluding hydrogens is 352 g/mol. The number of aromatic nitrogens is 1. The number of aryl methyl sites for hydroxylation is 2. The quantitative estimate of drug-likeness (QED) is 0.645. The molecule has 3 aromatic rings. The standard InChI is InChI=1S/C23H24N2O3/c1-14-6-15(2)23-19(7-14)17(9-22(27)28-23)12-24-10-16-8-18(13-24)20-4-3-5-21(26)25(20)11-16/h3-7,9,16,18H,8,10-13H2,1-2H3. The van der Waals surface area contributed by atoms with E-state index in [0.717, 1.165) is 54.8 Å². The summed E-state index contributed by atoms with van der Waals surface area (Å²) in [5, 5.41) is 1.03. The zero-order valence-corrected chi connectivity index (χ0v) is 16.3. The van der Waals surface area contributed by atoms with Gasteiger partial charge in [-0.25, -0.2) is 4.79 Å². The molecule has 0 radical (unpaired) electrons. The fourth-order valence-electron chi connectivity index (χ4n) is 5.17. The number of piperidine rings is 1. The molecule has 2 bridgehead atoms. The lowest BCUT2D eigenvalue weighted by atomic mass is 9.83. The largest absolute Gasteiger partial charge is 0.422 e. The minimum Gasteiger partial charge on any atom is -0.422 e. The van der Waals surface area contributed by atoms with Crippen molar-refractivity contribution in [3.63, 3.8) is 0 Å². The molecule has 2 aromatic heterocycles. The highest BCUT2D eigenvalue weighted by atomic mass is 16.4. The van der Waals surface area contributed by atoms with E-state index in [-0.39, 0.29) is 11.2 Å². The summed E-state index contributed by atoms with van der Waals surface area (Å²) in [6.07, 6.45) is 1.13. The van der Waals surface area contributed by atoms with E-state index in [9.17, 15) is 9.59 Å². The van der Waals surface area contributed by atoms with Crippen LogP contribution in [0.1, 0.15) is 34.7 Å². The van der Waals surface area contributed by atoms with Crippen LogP contribution >= 0.6 is 0 Å². The molecule has 5 rings (SSSR count). The summed E-state index contributed by atoms with van der Waals surface area (Å²) in [6.45, 7) is 7.44. The first-order valence-electron chi connectivity index (χ1n) is 9.94. The van der Waals surface area contributed by atoms with Crippen molar-refractivity contribution >= 4 is 11.0 Å². The highest BCUT2D eigenvalue weighted by Gasteiger charge is 2.34. The maximum atomic E-state index is 12.2. The molecule has 5 nitrogen and oxygen atoms in total. The Morgan fingerprint density at radius 3 is 2.79 bits per heavy atom. The van der Waals surface area contributed by atoms with Crippen LogP contribution in [0.15, 0.2) is 50.4 Å². The van der Waals surface area contributed by atoms with Crippen molar-refractivity contribution in [2.24, 2.45) is 5.92 Å². The zero-order valence-electron chi connectivity index (χ0n) is 16.3. The van der Waals surface area contributed by atoms with Gasteiger partial charge in [0.1, 0.15) is 5.58 Å². The maximum absolute atomic E-state index is 12.2. The molecule has 5 heteroatoms. The molecule has 1 aromatic carbocycles. The lowest BCUT2D eigenvalue weighted by Crippen LogP contribution is -2.46. The summed E-state index contributed by atoms with van der Waals surface area (Å²) >= 11 is 0. The number of benzene rings is 1. The van der Waals surface area contributed by atoms with E-state index in [1.807, 2.05) is 17.6 Å². The average Bonchev–Trinajstić information content (AvgIpc) is 2.64. The predicted molar refractivity (Wildman–Crippen MR) is 109 cm³/mol. The summed E-state index contributed by atoms with van der Waals surface area (Å²) in [4.78, 5) is 26.8. The van der Waals surface area contributed by atoms with Crippen LogP contribution in [0.25, 0.3) is 11.0 Å². The van der Waals surface area contributed by atoms with Crippen molar-refractivity contribution < 1.29 is 4.42 Å². The fraction of sp³-hybridized carbons (Fsp3) is 0.391. The van der Waals surface area contributed by atoms with Gasteiger partial charge in [-0.15, -0.1) is 0 Å². The van der Waals surface area contributed by atoms with E-state index in [1.54, 1.807) is 12.1 Å². The third-order valence-electron chi connectivity index (χ3n) is 6.21. The molecular formula is C23H24N2O3. The van der Waals surface area contributed by atoms with Gasteiger partial charge in [0.05, 0.1) is 0 Å². The summed E-state index contributed by atoms with van der Waals surface area (Å²) in [6, 6.07) is 11.4. The van der Waals surface area contributed by atoms with E-state index in [4.69, 9.17) is 4.42 Å². The Labute approximate surface area is 163 Å². The van der Waals surface area contributed by atoms with Gasteiger partial charge in [-0.05, 0) is 55.0 Å². The lowest BCUT2D eigenvalue weighted by Gasteiger charge is -2.42. The Bertz CT molecular complexity index is 1190. The molecule has 0 spiro atoms. The van der Waals surface area contributed by atoms with Crippen molar-refractivity contribution in [1.29, 1.82) is 0 Å². The van der Waals surface area contributed by atoms with Gasteiger partial charge in [0, 0.05) is 55.3 Å². The molecule has 2 aliphatic rings. The summed E-state index contributed by atoms with van der Waals surface area (Å²) in [7, 11) is 0. The van der Waals surface area contributed by atoms with Gasteiger partial charge >= 0.3 is 5.63 Å². The summed E-state index contributed by atoms with van der Waals surface area (Å²) < 4.78 is 7.45. The molecule has 0 saturated carbocycles. The highest BCUT2D eigenvalue weighted by Crippen LogP contribution is 2.36. The number of fused-ring (bicyclic) bond motifs is 5. The minimum absolute atomic E-state index is 0.110. The molecule has 1 saturated heterocycles. The highest BCUT2D eigenvalue weighted by molar-refractivity contribution is 5.83. The van der Waals surface area contributed by atoms with E-state index >= 15 is 0 Å². The van der Waals surface area contributed by atoms with Gasteiger partial charge in [-0.3, -0.25) is 9.69 Å². The van der Waals surface area contributed by atoms with Gasteiger partial charge < -0.3 is 8.98 Å². The first kappa shape index (κ1) is 17.4. The molecule has 4 heterocycles. The topological polar surface area (TPSA) is 55.5 Å². The van der Waals surface area contributed by atoms with Crippen LogP contribution in [0.3, 0.4) is 0 Å². The molecule has 1 fully saturated rings. The van der Waals surface area contributed by atoms with Gasteiger partial charge in [0.25, 0.3) is 5.56 Å². The summed E-state index contributed by atoms with van der Waals surface area (Å²) in [5.41, 5.74) is 4.87. The monoisotopic (exact) mass is 376 g/mol. The molecule has 2 atom stereocenters. The summed E-state index contributed by atoms with van der Waals surface area (Å²) in [5.74, 6) is 0.845. The Kier molecular flexibility index (Phi) is 4.02. The van der Waals surface area contributed by atoms with Crippen LogP contribution in [0.2, 0.25) is 0 Å². The minimum atomic E-state index is -0.288. The van der Waals surface area contributed by atoms with E-state index in [2.05, 4.69) is 30.0 Å². The van der Waals surface area contributed by atoms with Crippen LogP contribution < -0.4 is 11.2 Å². The predicted octanol–water partition coefficient (Wildman–Crippen LogP) is 3.19. The molecule has 0 aliphatic carbocycles. The fourth-order valence-corrected chi connectivity index (χ4v) is 5.17. The first-order valence-corrected chi connectivity index (χ1v) is 9.94. The molecule has 2 unspecified atom stereocenters. The van der Waals surface area contributed by atoms with E-state index in [1.165, 1.54) is 5.56 Å². The van der Waals surface area contributed by atoms with Crippen molar-refractivity contribution in [3.05, 3.63) is 79.6 Å². The molecule has 28 heavy (non-hydrogen) atoms. The molecule has 144 valence electrons. The van der Waals surface area contributed by atoms with Crippen LogP contribution in [0.4, 0.5) is 0 Å². The average molecular weight is 376 g/mol. The molecule has 0 N–H and O–H groups in total. The Balaban J connectivity index is 1.50. The Hall–Kier alpha value is -2.66. The second-order valence-electron chi connectivity index (χ2n) is 8.44. The van der Waals surface area contributed by atoms with Crippen molar-refractivity contribution in [2.45, 2.75) is 39.3 Å². The Morgan fingerprint density at radius 2 is 1.93 bits per heavy atom. The second kappa shape index (κ2) is 6.45.